The van der Waals surface area contributed by atoms with Gasteiger partial charge in [-0.05, 0) is 23.3 Å². The standard InChI is InChI=1S/Na.H2O5S4.H/c;1-8(2,6)5-9(3,4)7;/h;(H,1,2,6)(H,3,4,7);. The van der Waals surface area contributed by atoms with Crippen molar-refractivity contribution in [3.05, 3.63) is 0 Å². The SMILES string of the molecule is O=S(=O)(S)OS(=O)(=O)S.[NaH]. The topological polar surface area (TPSA) is 77.5 Å². The maximum atomic E-state index is 9.86. The summed E-state index contributed by atoms with van der Waals surface area (Å²) < 4.78 is 42.7. The molecule has 0 bridgehead atoms. The maximum absolute atomic E-state index is 9.86. The fraction of sp³-hybridized carbons (Fsp3) is 0. The monoisotopic (exact) mass is 234 g/mol. The summed E-state index contributed by atoms with van der Waals surface area (Å²) in [5, 5.41) is 0. The summed E-state index contributed by atoms with van der Waals surface area (Å²) in [6, 6.07) is 0. The van der Waals surface area contributed by atoms with Crippen LogP contribution in [-0.2, 0) is 21.9 Å². The molecule has 0 amide bonds. The summed E-state index contributed by atoms with van der Waals surface area (Å²) in [7, 11) is -8.50. The molecule has 0 aliphatic rings. The Kier molecular flexibility index (Phi) is 6.42. The first kappa shape index (κ1) is 14.1. The minimum absolute atomic E-state index is 0. The molecule has 0 spiro atoms. The van der Waals surface area contributed by atoms with E-state index in [0.29, 0.717) is 0 Å². The predicted octanol–water partition coefficient (Wildman–Crippen LogP) is -1.30. The number of hydrogen-bond donors (Lipinski definition) is 2. The number of rotatable bonds is 2. The van der Waals surface area contributed by atoms with Gasteiger partial charge in [-0.25, -0.2) is 0 Å². The summed E-state index contributed by atoms with van der Waals surface area (Å²) in [5.74, 6) is 0. The quantitative estimate of drug-likeness (QED) is 0.353. The Balaban J connectivity index is 0. The van der Waals surface area contributed by atoms with Crippen molar-refractivity contribution in [1.82, 2.24) is 0 Å². The van der Waals surface area contributed by atoms with Gasteiger partial charge in [0.05, 0.1) is 0 Å². The molecule has 0 aromatic rings. The molecule has 0 aliphatic carbocycles. The van der Waals surface area contributed by atoms with Crippen LogP contribution < -0.4 is 0 Å². The summed E-state index contributed by atoms with van der Waals surface area (Å²) in [6.07, 6.45) is 0. The van der Waals surface area contributed by atoms with Crippen LogP contribution >= 0.6 is 23.3 Å². The first-order chi connectivity index (χ1) is 3.71. The number of thiol groups is 2. The van der Waals surface area contributed by atoms with Gasteiger partial charge in [0.25, 0.3) is 0 Å². The van der Waals surface area contributed by atoms with Crippen LogP contribution in [0.4, 0.5) is 0 Å². The van der Waals surface area contributed by atoms with Gasteiger partial charge in [0.1, 0.15) is 0 Å². The molecular weight excluding hydrogens is 231 g/mol. The zero-order valence-electron chi connectivity index (χ0n) is 3.75. The molecule has 0 aromatic heterocycles. The van der Waals surface area contributed by atoms with E-state index in [4.69, 9.17) is 0 Å². The molecule has 0 radical (unpaired) electrons. The van der Waals surface area contributed by atoms with E-state index < -0.39 is 18.3 Å². The van der Waals surface area contributed by atoms with Crippen LogP contribution in [0.25, 0.3) is 0 Å². The summed E-state index contributed by atoms with van der Waals surface area (Å²) in [4.78, 5) is 0. The Hall–Kier alpha value is 1.56. The Morgan fingerprint density at radius 2 is 1.10 bits per heavy atom. The van der Waals surface area contributed by atoms with Gasteiger partial charge >= 0.3 is 47.9 Å². The second-order valence-electron chi connectivity index (χ2n) is 0.924. The molecule has 10 heavy (non-hydrogen) atoms. The molecule has 0 saturated heterocycles. The zero-order chi connectivity index (χ0) is 7.71. The van der Waals surface area contributed by atoms with Crippen LogP contribution in [0.5, 0.6) is 0 Å². The molecule has 0 heterocycles. The van der Waals surface area contributed by atoms with Crippen molar-refractivity contribution in [3.63, 3.8) is 0 Å². The first-order valence-corrected chi connectivity index (χ1v) is 6.29. The van der Waals surface area contributed by atoms with Crippen molar-refractivity contribution in [1.29, 1.82) is 0 Å². The van der Waals surface area contributed by atoms with E-state index in [1.54, 1.807) is 0 Å². The van der Waals surface area contributed by atoms with Gasteiger partial charge in [-0.1, -0.05) is 0 Å². The van der Waals surface area contributed by atoms with Gasteiger partial charge in [0, 0.05) is 0 Å². The van der Waals surface area contributed by atoms with Crippen LogP contribution in [-0.4, -0.2) is 46.4 Å². The first-order valence-electron chi connectivity index (χ1n) is 1.37. The second-order valence-corrected chi connectivity index (χ2v) is 5.86. The molecule has 0 saturated carbocycles. The fourth-order valence-electron chi connectivity index (χ4n) is 0.109. The van der Waals surface area contributed by atoms with E-state index in [0.717, 1.165) is 0 Å². The molecule has 0 atom stereocenters. The Morgan fingerprint density at radius 3 is 1.10 bits per heavy atom. The average molecular weight is 234 g/mol. The molecule has 5 nitrogen and oxygen atoms in total. The van der Waals surface area contributed by atoms with Gasteiger partial charge in [0.15, 0.2) is 0 Å². The van der Waals surface area contributed by atoms with E-state index in [2.05, 4.69) is 27.0 Å². The Labute approximate surface area is 90.7 Å². The van der Waals surface area contributed by atoms with E-state index in [9.17, 15) is 16.8 Å². The molecule has 10 heteroatoms. The number of hydrogen-bond acceptors (Lipinski definition) is 5. The Morgan fingerprint density at radius 1 is 0.900 bits per heavy atom. The summed E-state index contributed by atoms with van der Waals surface area (Å²) in [5.41, 5.74) is 0. The third-order valence-electron chi connectivity index (χ3n) is 0.172. The van der Waals surface area contributed by atoms with Crippen LogP contribution in [0.3, 0.4) is 0 Å². The molecule has 0 rings (SSSR count). The minimum atomic E-state index is -4.25. The van der Waals surface area contributed by atoms with Crippen LogP contribution in [0.15, 0.2) is 0 Å². The zero-order valence-corrected chi connectivity index (χ0v) is 7.17. The Bertz CT molecular complexity index is 239. The van der Waals surface area contributed by atoms with Crippen molar-refractivity contribution < 1.29 is 20.5 Å². The molecule has 0 N–H and O–H groups in total. The van der Waals surface area contributed by atoms with Crippen molar-refractivity contribution in [2.45, 2.75) is 0 Å². The van der Waals surface area contributed by atoms with Crippen LogP contribution in [0.1, 0.15) is 0 Å². The van der Waals surface area contributed by atoms with Gasteiger partial charge in [-0.3, -0.25) is 0 Å². The van der Waals surface area contributed by atoms with E-state index in [1.807, 2.05) is 0 Å². The molecule has 0 fully saturated rings. The molecule has 58 valence electrons. The predicted molar refractivity (Wildman–Crippen MR) is 44.0 cm³/mol. The third kappa shape index (κ3) is 12.3. The fourth-order valence-corrected chi connectivity index (χ4v) is 2.85. The van der Waals surface area contributed by atoms with Crippen molar-refractivity contribution in [2.24, 2.45) is 0 Å². The molecule has 0 aliphatic heterocycles. The van der Waals surface area contributed by atoms with Crippen molar-refractivity contribution in [3.8, 4) is 0 Å². The second kappa shape index (κ2) is 4.55. The van der Waals surface area contributed by atoms with E-state index in [1.165, 1.54) is 0 Å². The molecule has 0 aromatic carbocycles. The average Bonchev–Trinajstić information content (AvgIpc) is 1.14. The van der Waals surface area contributed by atoms with E-state index >= 15 is 0 Å². The summed E-state index contributed by atoms with van der Waals surface area (Å²) >= 11 is 5.54. The van der Waals surface area contributed by atoms with Gasteiger partial charge in [0.2, 0.25) is 0 Å². The van der Waals surface area contributed by atoms with E-state index in [-0.39, 0.29) is 29.6 Å². The van der Waals surface area contributed by atoms with Crippen LogP contribution in [0, 0.1) is 0 Å². The van der Waals surface area contributed by atoms with Gasteiger partial charge in [-0.15, -0.1) is 3.63 Å². The molecular formula is H3NaO5S4. The van der Waals surface area contributed by atoms with Gasteiger partial charge < -0.3 is 0 Å². The van der Waals surface area contributed by atoms with Gasteiger partial charge in [-0.2, -0.15) is 16.8 Å². The summed E-state index contributed by atoms with van der Waals surface area (Å²) in [6.45, 7) is 0. The normalized spacial score (nSPS) is 12.2. The van der Waals surface area contributed by atoms with Crippen molar-refractivity contribution in [2.75, 3.05) is 0 Å². The third-order valence-corrected chi connectivity index (χ3v) is 2.64. The van der Waals surface area contributed by atoms with Crippen LogP contribution in [0.2, 0.25) is 0 Å². The van der Waals surface area contributed by atoms with Crippen molar-refractivity contribution >= 4 is 71.2 Å². The molecule has 0 unspecified atom stereocenters.